The van der Waals surface area contributed by atoms with E-state index in [4.69, 9.17) is 10.5 Å². The van der Waals surface area contributed by atoms with Gasteiger partial charge in [-0.25, -0.2) is 0 Å². The van der Waals surface area contributed by atoms with Crippen LogP contribution in [0.3, 0.4) is 0 Å². The fourth-order valence-corrected chi connectivity index (χ4v) is 2.45. The number of nitrogens with two attached hydrogens (primary N) is 1. The van der Waals surface area contributed by atoms with E-state index in [1.165, 1.54) is 0 Å². The van der Waals surface area contributed by atoms with Crippen LogP contribution in [0.4, 0.5) is 5.69 Å². The summed E-state index contributed by atoms with van der Waals surface area (Å²) in [6.07, 6.45) is 2.76. The number of carbonyl (C=O) groups excluding carboxylic acids is 2. The molecule has 0 aromatic heterocycles. The molecule has 1 saturated carbocycles. The maximum absolute atomic E-state index is 12.0. The van der Waals surface area contributed by atoms with E-state index in [1.54, 1.807) is 24.3 Å². The standard InChI is InChI=1S/C18H27N3O3/c1-12(2)8-15(10-19)20-17(22)11-24-16-5-3-4-14(9-16)21-18(23)13-6-7-13/h3-5,9,12-13,15H,6-8,10-11,19H2,1-2H3,(H,20,22)(H,21,23). The number of nitrogens with one attached hydrogen (secondary N) is 2. The normalized spacial score (nSPS) is 15.0. The van der Waals surface area contributed by atoms with Crippen LogP contribution < -0.4 is 21.1 Å². The maximum atomic E-state index is 12.0. The summed E-state index contributed by atoms with van der Waals surface area (Å²) in [6, 6.07) is 7.04. The maximum Gasteiger partial charge on any atom is 0.258 e. The lowest BCUT2D eigenvalue weighted by Crippen LogP contribution is -2.43. The van der Waals surface area contributed by atoms with Crippen LogP contribution >= 0.6 is 0 Å². The molecule has 0 bridgehead atoms. The van der Waals surface area contributed by atoms with E-state index in [-0.39, 0.29) is 30.4 Å². The molecule has 24 heavy (non-hydrogen) atoms. The smallest absolute Gasteiger partial charge is 0.258 e. The number of hydrogen-bond acceptors (Lipinski definition) is 4. The van der Waals surface area contributed by atoms with E-state index in [0.717, 1.165) is 19.3 Å². The van der Waals surface area contributed by atoms with Gasteiger partial charge in [-0.2, -0.15) is 0 Å². The Hall–Kier alpha value is -2.08. The highest BCUT2D eigenvalue weighted by molar-refractivity contribution is 5.94. The minimum Gasteiger partial charge on any atom is -0.484 e. The van der Waals surface area contributed by atoms with Gasteiger partial charge in [0, 0.05) is 30.3 Å². The van der Waals surface area contributed by atoms with Crippen molar-refractivity contribution in [2.24, 2.45) is 17.6 Å². The number of carbonyl (C=O) groups is 2. The van der Waals surface area contributed by atoms with Gasteiger partial charge in [0.25, 0.3) is 5.91 Å². The van der Waals surface area contributed by atoms with Gasteiger partial charge in [-0.1, -0.05) is 19.9 Å². The van der Waals surface area contributed by atoms with Crippen LogP contribution in [-0.2, 0) is 9.59 Å². The van der Waals surface area contributed by atoms with Gasteiger partial charge in [0.15, 0.2) is 6.61 Å². The van der Waals surface area contributed by atoms with Crippen LogP contribution in [0, 0.1) is 11.8 Å². The largest absolute Gasteiger partial charge is 0.484 e. The van der Waals surface area contributed by atoms with Gasteiger partial charge in [0.1, 0.15) is 5.75 Å². The first-order valence-electron chi connectivity index (χ1n) is 8.51. The Kier molecular flexibility index (Phi) is 6.61. The number of benzene rings is 1. The van der Waals surface area contributed by atoms with E-state index in [2.05, 4.69) is 24.5 Å². The Morgan fingerprint density at radius 2 is 2.08 bits per heavy atom. The molecule has 0 heterocycles. The summed E-state index contributed by atoms with van der Waals surface area (Å²) in [4.78, 5) is 23.7. The summed E-state index contributed by atoms with van der Waals surface area (Å²) in [6.45, 7) is 4.51. The molecule has 0 saturated heterocycles. The minimum atomic E-state index is -0.196. The molecule has 0 spiro atoms. The van der Waals surface area contributed by atoms with Crippen molar-refractivity contribution in [1.29, 1.82) is 0 Å². The summed E-state index contributed by atoms with van der Waals surface area (Å²) in [7, 11) is 0. The van der Waals surface area contributed by atoms with E-state index >= 15 is 0 Å². The molecule has 1 unspecified atom stereocenters. The van der Waals surface area contributed by atoms with Crippen LogP contribution in [-0.4, -0.2) is 31.0 Å². The topological polar surface area (TPSA) is 93.4 Å². The van der Waals surface area contributed by atoms with Crippen molar-refractivity contribution in [3.63, 3.8) is 0 Å². The molecule has 1 atom stereocenters. The average Bonchev–Trinajstić information content (AvgIpc) is 3.37. The SMILES string of the molecule is CC(C)CC(CN)NC(=O)COc1cccc(NC(=O)C2CC2)c1. The lowest BCUT2D eigenvalue weighted by atomic mass is 10.0. The van der Waals surface area contributed by atoms with Gasteiger partial charge in [-0.05, 0) is 37.3 Å². The lowest BCUT2D eigenvalue weighted by molar-refractivity contribution is -0.123. The molecule has 132 valence electrons. The predicted molar refractivity (Wildman–Crippen MR) is 93.7 cm³/mol. The zero-order chi connectivity index (χ0) is 17.5. The second-order valence-corrected chi connectivity index (χ2v) is 6.71. The van der Waals surface area contributed by atoms with Crippen molar-refractivity contribution in [3.8, 4) is 5.75 Å². The van der Waals surface area contributed by atoms with Crippen LogP contribution in [0.5, 0.6) is 5.75 Å². The first-order chi connectivity index (χ1) is 11.5. The fourth-order valence-electron chi connectivity index (χ4n) is 2.45. The lowest BCUT2D eigenvalue weighted by Gasteiger charge is -2.19. The number of amides is 2. The van der Waals surface area contributed by atoms with Crippen LogP contribution in [0.25, 0.3) is 0 Å². The third-order valence-corrected chi connectivity index (χ3v) is 3.83. The van der Waals surface area contributed by atoms with Crippen LogP contribution in [0.15, 0.2) is 24.3 Å². The highest BCUT2D eigenvalue weighted by Crippen LogP contribution is 2.30. The molecule has 6 nitrogen and oxygen atoms in total. The van der Waals surface area contributed by atoms with E-state index in [1.807, 2.05) is 0 Å². The molecule has 1 aliphatic rings. The summed E-state index contributed by atoms with van der Waals surface area (Å²) in [5.41, 5.74) is 6.36. The highest BCUT2D eigenvalue weighted by Gasteiger charge is 2.29. The molecule has 1 aromatic rings. The molecule has 6 heteroatoms. The summed E-state index contributed by atoms with van der Waals surface area (Å²) >= 11 is 0. The molecular formula is C18H27N3O3. The second kappa shape index (κ2) is 8.68. The summed E-state index contributed by atoms with van der Waals surface area (Å²) in [5, 5.41) is 5.74. The van der Waals surface area contributed by atoms with E-state index in [0.29, 0.717) is 23.9 Å². The predicted octanol–water partition coefficient (Wildman–Crippen LogP) is 1.90. The number of rotatable bonds is 9. The Balaban J connectivity index is 1.80. The van der Waals surface area contributed by atoms with E-state index in [9.17, 15) is 9.59 Å². The Morgan fingerprint density at radius 1 is 1.33 bits per heavy atom. The number of anilines is 1. The molecule has 2 amide bonds. The fraction of sp³-hybridized carbons (Fsp3) is 0.556. The monoisotopic (exact) mass is 333 g/mol. The third kappa shape index (κ3) is 6.20. The Morgan fingerprint density at radius 3 is 2.71 bits per heavy atom. The molecule has 1 fully saturated rings. The van der Waals surface area contributed by atoms with E-state index < -0.39 is 0 Å². The zero-order valence-electron chi connectivity index (χ0n) is 14.4. The molecule has 1 aromatic carbocycles. The first-order valence-corrected chi connectivity index (χ1v) is 8.51. The molecular weight excluding hydrogens is 306 g/mol. The van der Waals surface area contributed by atoms with Gasteiger partial charge in [-0.3, -0.25) is 9.59 Å². The van der Waals surface area contributed by atoms with Crippen molar-refractivity contribution >= 4 is 17.5 Å². The molecule has 4 N–H and O–H groups in total. The van der Waals surface area contributed by atoms with Crippen molar-refractivity contribution in [2.75, 3.05) is 18.5 Å². The van der Waals surface area contributed by atoms with Gasteiger partial charge in [-0.15, -0.1) is 0 Å². The summed E-state index contributed by atoms with van der Waals surface area (Å²) < 4.78 is 5.51. The van der Waals surface area contributed by atoms with Gasteiger partial charge < -0.3 is 21.1 Å². The molecule has 2 rings (SSSR count). The van der Waals surface area contributed by atoms with Gasteiger partial charge in [0.05, 0.1) is 0 Å². The Bertz CT molecular complexity index is 570. The summed E-state index contributed by atoms with van der Waals surface area (Å²) in [5.74, 6) is 1.01. The van der Waals surface area contributed by atoms with Crippen LogP contribution in [0.1, 0.15) is 33.1 Å². The van der Waals surface area contributed by atoms with Crippen LogP contribution in [0.2, 0.25) is 0 Å². The number of hydrogen-bond donors (Lipinski definition) is 3. The Labute approximate surface area is 143 Å². The van der Waals surface area contributed by atoms with Crippen molar-refractivity contribution in [2.45, 2.75) is 39.2 Å². The molecule has 0 aliphatic heterocycles. The zero-order valence-corrected chi connectivity index (χ0v) is 14.4. The highest BCUT2D eigenvalue weighted by atomic mass is 16.5. The minimum absolute atomic E-state index is 0.0368. The molecule has 0 radical (unpaired) electrons. The number of ether oxygens (including phenoxy) is 1. The average molecular weight is 333 g/mol. The first kappa shape index (κ1) is 18.3. The second-order valence-electron chi connectivity index (χ2n) is 6.71. The van der Waals surface area contributed by atoms with Gasteiger partial charge in [0.2, 0.25) is 5.91 Å². The van der Waals surface area contributed by atoms with Crippen molar-refractivity contribution in [3.05, 3.63) is 24.3 Å². The molecule has 1 aliphatic carbocycles. The third-order valence-electron chi connectivity index (χ3n) is 3.83. The van der Waals surface area contributed by atoms with Crippen molar-refractivity contribution in [1.82, 2.24) is 5.32 Å². The quantitative estimate of drug-likeness (QED) is 0.643. The van der Waals surface area contributed by atoms with Crippen molar-refractivity contribution < 1.29 is 14.3 Å². The van der Waals surface area contributed by atoms with Gasteiger partial charge >= 0.3 is 0 Å².